The lowest BCUT2D eigenvalue weighted by atomic mass is 9.99. The Morgan fingerprint density at radius 1 is 1.52 bits per heavy atom. The van der Waals surface area contributed by atoms with E-state index in [1.165, 1.54) is 18.3 Å². The summed E-state index contributed by atoms with van der Waals surface area (Å²) in [6.45, 7) is 1.72. The van der Waals surface area contributed by atoms with Gasteiger partial charge in [-0.15, -0.1) is 0 Å². The molecule has 1 aromatic carbocycles. The van der Waals surface area contributed by atoms with E-state index in [-0.39, 0.29) is 29.5 Å². The van der Waals surface area contributed by atoms with E-state index < -0.39 is 10.8 Å². The Labute approximate surface area is 131 Å². The van der Waals surface area contributed by atoms with Crippen molar-refractivity contribution < 1.29 is 14.5 Å². The van der Waals surface area contributed by atoms with Crippen LogP contribution in [-0.2, 0) is 9.59 Å². The largest absolute Gasteiger partial charge is 0.278 e. The minimum Gasteiger partial charge on any atom is -0.273 e. The molecule has 0 fully saturated rings. The number of nitrogens with one attached hydrogen (secondary N) is 2. The number of amides is 2. The molecule has 9 nitrogen and oxygen atoms in total. The average Bonchev–Trinajstić information content (AvgIpc) is 2.84. The van der Waals surface area contributed by atoms with Crippen molar-refractivity contribution in [3.63, 3.8) is 0 Å². The molecule has 0 radical (unpaired) electrons. The summed E-state index contributed by atoms with van der Waals surface area (Å²) in [7, 11) is 0. The van der Waals surface area contributed by atoms with Gasteiger partial charge in [-0.1, -0.05) is 12.1 Å². The maximum atomic E-state index is 11.7. The number of carbonyl (C=O) groups is 2. The number of carbonyl (C=O) groups excluding carboxylic acids is 2. The van der Waals surface area contributed by atoms with Crippen molar-refractivity contribution in [1.82, 2.24) is 10.9 Å². The number of benzene rings is 1. The summed E-state index contributed by atoms with van der Waals surface area (Å²) in [5.41, 5.74) is 5.47. The standard InChI is InChI=1S/C14H15N5O4/c1-9-11(14(21)18-16-9)6-7-13(20)17-15-8-10-4-2-3-5-12(10)19(22)23/h2-5,8,11H,6-7H2,1H3,(H,17,20)(H,18,21)/b15-8-/t11-/m0/s1. The predicted molar refractivity (Wildman–Crippen MR) is 82.8 cm³/mol. The van der Waals surface area contributed by atoms with Gasteiger partial charge in [0.1, 0.15) is 0 Å². The van der Waals surface area contributed by atoms with Gasteiger partial charge in [-0.05, 0) is 19.4 Å². The third-order valence-corrected chi connectivity index (χ3v) is 3.35. The molecule has 2 amide bonds. The molecule has 23 heavy (non-hydrogen) atoms. The Bertz CT molecular complexity index is 698. The third kappa shape index (κ3) is 4.19. The van der Waals surface area contributed by atoms with Crippen molar-refractivity contribution in [3.8, 4) is 0 Å². The Kier molecular flexibility index (Phi) is 5.13. The van der Waals surface area contributed by atoms with Gasteiger partial charge in [-0.2, -0.15) is 10.2 Å². The first-order valence-electron chi connectivity index (χ1n) is 6.88. The Morgan fingerprint density at radius 2 is 2.26 bits per heavy atom. The number of nitro benzene ring substituents is 1. The molecule has 0 unspecified atom stereocenters. The van der Waals surface area contributed by atoms with E-state index in [9.17, 15) is 19.7 Å². The molecule has 1 atom stereocenters. The molecule has 1 aliphatic rings. The lowest BCUT2D eigenvalue weighted by molar-refractivity contribution is -0.385. The molecule has 0 aromatic heterocycles. The molecule has 0 saturated carbocycles. The zero-order valence-electron chi connectivity index (χ0n) is 12.4. The van der Waals surface area contributed by atoms with Crippen LogP contribution in [-0.4, -0.2) is 28.7 Å². The quantitative estimate of drug-likeness (QED) is 0.460. The maximum absolute atomic E-state index is 11.7. The summed E-state index contributed by atoms with van der Waals surface area (Å²) >= 11 is 0. The second-order valence-corrected chi connectivity index (χ2v) is 4.93. The van der Waals surface area contributed by atoms with Gasteiger partial charge >= 0.3 is 0 Å². The van der Waals surface area contributed by atoms with Crippen LogP contribution in [0.25, 0.3) is 0 Å². The molecule has 1 aliphatic heterocycles. The minimum atomic E-state index is -0.524. The number of nitro groups is 1. The van der Waals surface area contributed by atoms with Crippen molar-refractivity contribution >= 4 is 29.4 Å². The number of para-hydroxylation sites is 1. The number of hydrogen-bond donors (Lipinski definition) is 2. The molecular formula is C14H15N5O4. The van der Waals surface area contributed by atoms with Crippen LogP contribution in [0.4, 0.5) is 5.69 Å². The summed E-state index contributed by atoms with van der Waals surface area (Å²) < 4.78 is 0. The van der Waals surface area contributed by atoms with Gasteiger partial charge in [0.05, 0.1) is 22.6 Å². The number of nitrogens with zero attached hydrogens (tertiary/aromatic N) is 3. The summed E-state index contributed by atoms with van der Waals surface area (Å²) in [5, 5.41) is 18.3. The molecule has 1 aromatic rings. The molecular weight excluding hydrogens is 302 g/mol. The van der Waals surface area contributed by atoms with Crippen LogP contribution >= 0.6 is 0 Å². The summed E-state index contributed by atoms with van der Waals surface area (Å²) in [4.78, 5) is 33.5. The predicted octanol–water partition coefficient (Wildman–Crippen LogP) is 0.947. The SMILES string of the molecule is CC1=NNC(=O)[C@H]1CCC(=O)N/N=C\c1ccccc1[N+](=O)[O-]. The van der Waals surface area contributed by atoms with Crippen molar-refractivity contribution in [1.29, 1.82) is 0 Å². The van der Waals surface area contributed by atoms with Crippen molar-refractivity contribution in [2.75, 3.05) is 0 Å². The van der Waals surface area contributed by atoms with Gasteiger partial charge in [0.2, 0.25) is 11.8 Å². The van der Waals surface area contributed by atoms with Crippen LogP contribution in [0.5, 0.6) is 0 Å². The number of hydrogen-bond acceptors (Lipinski definition) is 6. The van der Waals surface area contributed by atoms with Crippen molar-refractivity contribution in [2.24, 2.45) is 16.1 Å². The maximum Gasteiger partial charge on any atom is 0.278 e. The third-order valence-electron chi connectivity index (χ3n) is 3.35. The van der Waals surface area contributed by atoms with Gasteiger partial charge in [-0.25, -0.2) is 10.9 Å². The first-order chi connectivity index (χ1) is 11.0. The highest BCUT2D eigenvalue weighted by Gasteiger charge is 2.26. The van der Waals surface area contributed by atoms with Gasteiger partial charge in [0, 0.05) is 18.2 Å². The van der Waals surface area contributed by atoms with E-state index in [2.05, 4.69) is 21.1 Å². The normalized spacial score (nSPS) is 17.0. The average molecular weight is 317 g/mol. The highest BCUT2D eigenvalue weighted by Crippen LogP contribution is 2.15. The first kappa shape index (κ1) is 16.3. The molecule has 1 heterocycles. The fourth-order valence-corrected chi connectivity index (χ4v) is 2.10. The number of hydrazone groups is 2. The van der Waals surface area contributed by atoms with Crippen LogP contribution in [0.3, 0.4) is 0 Å². The van der Waals surface area contributed by atoms with E-state index in [1.54, 1.807) is 19.1 Å². The van der Waals surface area contributed by atoms with Crippen LogP contribution < -0.4 is 10.9 Å². The number of rotatable bonds is 6. The molecule has 0 aliphatic carbocycles. The molecule has 0 bridgehead atoms. The Morgan fingerprint density at radius 3 is 2.91 bits per heavy atom. The monoisotopic (exact) mass is 317 g/mol. The van der Waals surface area contributed by atoms with Gasteiger partial charge < -0.3 is 0 Å². The van der Waals surface area contributed by atoms with E-state index in [0.29, 0.717) is 12.1 Å². The van der Waals surface area contributed by atoms with Crippen LogP contribution in [0.15, 0.2) is 34.5 Å². The molecule has 2 N–H and O–H groups in total. The molecule has 9 heteroatoms. The highest BCUT2D eigenvalue weighted by atomic mass is 16.6. The summed E-state index contributed by atoms with van der Waals surface area (Å²) in [6.07, 6.45) is 1.64. The lowest BCUT2D eigenvalue weighted by Crippen LogP contribution is -2.25. The molecule has 0 saturated heterocycles. The van der Waals surface area contributed by atoms with Gasteiger partial charge in [0.25, 0.3) is 5.69 Å². The smallest absolute Gasteiger partial charge is 0.273 e. The topological polar surface area (TPSA) is 126 Å². The zero-order valence-corrected chi connectivity index (χ0v) is 12.4. The van der Waals surface area contributed by atoms with Crippen LogP contribution in [0.1, 0.15) is 25.3 Å². The minimum absolute atomic E-state index is 0.0964. The first-order valence-corrected chi connectivity index (χ1v) is 6.88. The van der Waals surface area contributed by atoms with Crippen molar-refractivity contribution in [2.45, 2.75) is 19.8 Å². The summed E-state index contributed by atoms with van der Waals surface area (Å²) in [5.74, 6) is -1.01. The van der Waals surface area contributed by atoms with E-state index in [1.807, 2.05) is 0 Å². The highest BCUT2D eigenvalue weighted by molar-refractivity contribution is 6.07. The lowest BCUT2D eigenvalue weighted by Gasteiger charge is -2.06. The molecule has 0 spiro atoms. The Hall–Kier alpha value is -3.10. The van der Waals surface area contributed by atoms with Gasteiger partial charge in [-0.3, -0.25) is 19.7 Å². The van der Waals surface area contributed by atoms with Crippen LogP contribution in [0.2, 0.25) is 0 Å². The fraction of sp³-hybridized carbons (Fsp3) is 0.286. The second-order valence-electron chi connectivity index (χ2n) is 4.93. The molecule has 2 rings (SSSR count). The van der Waals surface area contributed by atoms with Crippen LogP contribution in [0, 0.1) is 16.0 Å². The summed E-state index contributed by atoms with van der Waals surface area (Å²) in [6, 6.07) is 6.06. The second kappa shape index (κ2) is 7.25. The van der Waals surface area contributed by atoms with E-state index in [4.69, 9.17) is 0 Å². The van der Waals surface area contributed by atoms with E-state index in [0.717, 1.165) is 0 Å². The van der Waals surface area contributed by atoms with E-state index >= 15 is 0 Å². The van der Waals surface area contributed by atoms with Crippen molar-refractivity contribution in [3.05, 3.63) is 39.9 Å². The fourth-order valence-electron chi connectivity index (χ4n) is 2.10. The zero-order chi connectivity index (χ0) is 16.8. The Balaban J connectivity index is 1.86. The van der Waals surface area contributed by atoms with Gasteiger partial charge in [0.15, 0.2) is 0 Å². The molecule has 120 valence electrons.